The van der Waals surface area contributed by atoms with Crippen molar-refractivity contribution in [2.24, 2.45) is 5.10 Å². The number of amides is 1. The van der Waals surface area contributed by atoms with Gasteiger partial charge in [-0.1, -0.05) is 54.6 Å². The number of carbonyl (C=O) groups excluding carboxylic acids is 1. The van der Waals surface area contributed by atoms with Gasteiger partial charge in [-0.2, -0.15) is 10.4 Å². The summed E-state index contributed by atoms with van der Waals surface area (Å²) in [5.74, 6) is 1.11. The molecule has 0 fully saturated rings. The Morgan fingerprint density at radius 1 is 1.03 bits per heavy atom. The Hall–Kier alpha value is -4.28. The average Bonchev–Trinajstić information content (AvgIpc) is 2.91. The summed E-state index contributed by atoms with van der Waals surface area (Å²) in [5, 5.41) is 15.3. The third kappa shape index (κ3) is 6.19. The zero-order valence-electron chi connectivity index (χ0n) is 19.1. The van der Waals surface area contributed by atoms with E-state index in [0.717, 1.165) is 21.2 Å². The molecule has 0 atom stereocenters. The zero-order chi connectivity index (χ0) is 24.5. The molecule has 0 aliphatic carbocycles. The van der Waals surface area contributed by atoms with Gasteiger partial charge in [-0.05, 0) is 46.7 Å². The first kappa shape index (κ1) is 23.9. The Morgan fingerprint density at radius 3 is 2.60 bits per heavy atom. The van der Waals surface area contributed by atoms with Crippen molar-refractivity contribution in [3.05, 3.63) is 102 Å². The molecule has 7 heteroatoms. The molecule has 4 aromatic rings. The summed E-state index contributed by atoms with van der Waals surface area (Å²) in [6.07, 6.45) is 1.54. The van der Waals surface area contributed by atoms with Gasteiger partial charge in [0.15, 0.2) is 11.5 Å². The van der Waals surface area contributed by atoms with Gasteiger partial charge in [0.1, 0.15) is 6.61 Å². The summed E-state index contributed by atoms with van der Waals surface area (Å²) in [6.45, 7) is 0.293. The number of nitrogens with zero attached hydrogens (tertiary/aromatic N) is 2. The molecule has 1 N–H and O–H groups in total. The lowest BCUT2D eigenvalue weighted by atomic mass is 10.1. The van der Waals surface area contributed by atoms with Gasteiger partial charge in [0, 0.05) is 10.5 Å². The molecule has 4 aromatic carbocycles. The fourth-order valence-electron chi connectivity index (χ4n) is 3.45. The summed E-state index contributed by atoms with van der Waals surface area (Å²) in [4.78, 5) is 13.4. The van der Waals surface area contributed by atoms with Crippen molar-refractivity contribution in [1.29, 1.82) is 5.26 Å². The SMILES string of the molecule is COc1cccc(/C=N\NC(=O)CSc2cccc3ccccc23)c1OCc1ccc(C#N)cc1. The monoisotopic (exact) mass is 481 g/mol. The number of hydrogen-bond donors (Lipinski definition) is 1. The first-order valence-corrected chi connectivity index (χ1v) is 11.9. The van der Waals surface area contributed by atoms with Crippen molar-refractivity contribution in [2.75, 3.05) is 12.9 Å². The van der Waals surface area contributed by atoms with Crippen LogP contribution in [0.15, 0.2) is 94.9 Å². The van der Waals surface area contributed by atoms with Crippen molar-refractivity contribution in [1.82, 2.24) is 5.43 Å². The lowest BCUT2D eigenvalue weighted by molar-refractivity contribution is -0.118. The van der Waals surface area contributed by atoms with E-state index in [-0.39, 0.29) is 11.7 Å². The predicted octanol–water partition coefficient (Wildman–Crippen LogP) is 5.54. The second-order valence-electron chi connectivity index (χ2n) is 7.54. The highest BCUT2D eigenvalue weighted by Gasteiger charge is 2.10. The van der Waals surface area contributed by atoms with Gasteiger partial charge in [-0.25, -0.2) is 5.43 Å². The molecular formula is C28H23N3O3S. The minimum atomic E-state index is -0.206. The summed E-state index contributed by atoms with van der Waals surface area (Å²) in [6, 6.07) is 28.9. The molecule has 0 aromatic heterocycles. The number of thioether (sulfide) groups is 1. The summed E-state index contributed by atoms with van der Waals surface area (Å²) in [5.41, 5.74) is 4.75. The summed E-state index contributed by atoms with van der Waals surface area (Å²) < 4.78 is 11.4. The Labute approximate surface area is 208 Å². The number of benzene rings is 4. The maximum absolute atomic E-state index is 12.4. The quantitative estimate of drug-likeness (QED) is 0.193. The van der Waals surface area contributed by atoms with Crippen molar-refractivity contribution in [2.45, 2.75) is 11.5 Å². The third-order valence-corrected chi connectivity index (χ3v) is 6.27. The maximum atomic E-state index is 12.4. The van der Waals surface area contributed by atoms with Crippen molar-refractivity contribution < 1.29 is 14.3 Å². The first-order valence-electron chi connectivity index (χ1n) is 10.9. The van der Waals surface area contributed by atoms with E-state index in [4.69, 9.17) is 14.7 Å². The Balaban J connectivity index is 1.38. The normalized spacial score (nSPS) is 10.7. The molecule has 0 bridgehead atoms. The minimum absolute atomic E-state index is 0.206. The molecule has 0 radical (unpaired) electrons. The molecule has 1 amide bonds. The van der Waals surface area contributed by atoms with Gasteiger partial charge in [-0.3, -0.25) is 4.79 Å². The van der Waals surface area contributed by atoms with Crippen molar-refractivity contribution in [3.63, 3.8) is 0 Å². The predicted molar refractivity (Wildman–Crippen MR) is 139 cm³/mol. The van der Waals surface area contributed by atoms with Crippen molar-refractivity contribution in [3.8, 4) is 17.6 Å². The number of nitriles is 1. The minimum Gasteiger partial charge on any atom is -0.493 e. The molecule has 0 saturated heterocycles. The van der Waals surface area contributed by atoms with E-state index >= 15 is 0 Å². The highest BCUT2D eigenvalue weighted by molar-refractivity contribution is 8.00. The molecule has 0 heterocycles. The van der Waals surface area contributed by atoms with Crippen LogP contribution in [-0.2, 0) is 11.4 Å². The van der Waals surface area contributed by atoms with Crippen molar-refractivity contribution >= 4 is 34.7 Å². The topological polar surface area (TPSA) is 83.7 Å². The summed E-state index contributed by atoms with van der Waals surface area (Å²) >= 11 is 1.47. The molecule has 0 aliphatic rings. The van der Waals surface area contributed by atoms with E-state index in [1.165, 1.54) is 18.0 Å². The molecule has 35 heavy (non-hydrogen) atoms. The van der Waals surface area contributed by atoms with Crippen LogP contribution < -0.4 is 14.9 Å². The Kier molecular flexibility index (Phi) is 8.00. The molecule has 0 saturated carbocycles. The number of para-hydroxylation sites is 1. The number of carbonyl (C=O) groups is 1. The van der Waals surface area contributed by atoms with E-state index < -0.39 is 0 Å². The van der Waals surface area contributed by atoms with Gasteiger partial charge in [0.05, 0.1) is 30.7 Å². The van der Waals surface area contributed by atoms with Crippen LogP contribution in [0.2, 0.25) is 0 Å². The van der Waals surface area contributed by atoms with Gasteiger partial charge in [0.2, 0.25) is 5.91 Å². The Bertz CT molecular complexity index is 1390. The summed E-state index contributed by atoms with van der Waals surface area (Å²) in [7, 11) is 1.57. The second-order valence-corrected chi connectivity index (χ2v) is 8.55. The van der Waals surface area contributed by atoms with Crippen LogP contribution in [0.1, 0.15) is 16.7 Å². The molecular weight excluding hydrogens is 458 g/mol. The lowest BCUT2D eigenvalue weighted by Gasteiger charge is -2.13. The van der Waals surface area contributed by atoms with Crippen LogP contribution in [0, 0.1) is 11.3 Å². The molecule has 6 nitrogen and oxygen atoms in total. The van der Waals surface area contributed by atoms with Gasteiger partial charge < -0.3 is 9.47 Å². The average molecular weight is 482 g/mol. The van der Waals surface area contributed by atoms with Crippen LogP contribution in [0.3, 0.4) is 0 Å². The van der Waals surface area contributed by atoms with Crippen LogP contribution in [-0.4, -0.2) is 25.0 Å². The van der Waals surface area contributed by atoms with Crippen LogP contribution in [0.5, 0.6) is 11.5 Å². The smallest absolute Gasteiger partial charge is 0.250 e. The fraction of sp³-hybridized carbons (Fsp3) is 0.107. The highest BCUT2D eigenvalue weighted by Crippen LogP contribution is 2.31. The first-order chi connectivity index (χ1) is 17.2. The van der Waals surface area contributed by atoms with E-state index in [0.29, 0.717) is 29.2 Å². The number of methoxy groups -OCH3 is 1. The van der Waals surface area contributed by atoms with Gasteiger partial charge in [0.25, 0.3) is 0 Å². The van der Waals surface area contributed by atoms with E-state index in [2.05, 4.69) is 34.8 Å². The lowest BCUT2D eigenvalue weighted by Crippen LogP contribution is -2.19. The fourth-order valence-corrected chi connectivity index (χ4v) is 4.32. The van der Waals surface area contributed by atoms with Gasteiger partial charge >= 0.3 is 0 Å². The second kappa shape index (κ2) is 11.7. The van der Waals surface area contributed by atoms with E-state index in [9.17, 15) is 4.79 Å². The van der Waals surface area contributed by atoms with Crippen LogP contribution >= 0.6 is 11.8 Å². The molecule has 0 spiro atoms. The standard InChI is InChI=1S/C28H23N3O3S/c1-33-25-10-4-8-23(28(25)34-18-21-14-12-20(16-29)13-15-21)17-30-31-27(32)19-35-26-11-5-7-22-6-2-3-9-24(22)26/h2-15,17H,18-19H2,1H3,(H,31,32)/b30-17-. The van der Waals surface area contributed by atoms with Crippen LogP contribution in [0.4, 0.5) is 0 Å². The zero-order valence-corrected chi connectivity index (χ0v) is 19.9. The maximum Gasteiger partial charge on any atom is 0.250 e. The molecule has 0 unspecified atom stereocenters. The van der Waals surface area contributed by atoms with Crippen LogP contribution in [0.25, 0.3) is 10.8 Å². The van der Waals surface area contributed by atoms with E-state index in [1.807, 2.05) is 48.5 Å². The number of fused-ring (bicyclic) bond motifs is 1. The third-order valence-electron chi connectivity index (χ3n) is 5.20. The number of hydrazone groups is 1. The largest absolute Gasteiger partial charge is 0.493 e. The number of ether oxygens (including phenoxy) is 2. The highest BCUT2D eigenvalue weighted by atomic mass is 32.2. The Morgan fingerprint density at radius 2 is 1.80 bits per heavy atom. The molecule has 4 rings (SSSR count). The van der Waals surface area contributed by atoms with Gasteiger partial charge in [-0.15, -0.1) is 11.8 Å². The number of hydrogen-bond acceptors (Lipinski definition) is 6. The number of nitrogens with one attached hydrogen (secondary N) is 1. The molecule has 174 valence electrons. The van der Waals surface area contributed by atoms with E-state index in [1.54, 1.807) is 25.3 Å². The molecule has 0 aliphatic heterocycles. The number of rotatable bonds is 9.